The van der Waals surface area contributed by atoms with Crippen LogP contribution in [-0.4, -0.2) is 63.2 Å². The van der Waals surface area contributed by atoms with Crippen molar-refractivity contribution in [1.82, 2.24) is 4.98 Å². The van der Waals surface area contributed by atoms with E-state index in [-0.39, 0.29) is 18.6 Å². The second-order valence-electron chi connectivity index (χ2n) is 12.6. The molecule has 0 atom stereocenters. The number of methoxy groups -OCH3 is 2. The number of hydrogen-bond donors (Lipinski definition) is 1. The van der Waals surface area contributed by atoms with Gasteiger partial charge in [-0.3, -0.25) is 9.54 Å². The number of benzene rings is 4. The van der Waals surface area contributed by atoms with Gasteiger partial charge in [0.1, 0.15) is 16.2 Å². The number of thioether (sulfide) groups is 1. The van der Waals surface area contributed by atoms with Gasteiger partial charge in [0.15, 0.2) is 6.54 Å². The van der Waals surface area contributed by atoms with Crippen molar-refractivity contribution in [2.75, 3.05) is 37.2 Å². The standard InChI is InChI=1S/C35H36N2O8S4.C5H5N/c1-4-23(19-32-36(15-9-17-48(38,39)40)34-26-13-7-5-11-24(26)28(44-2)21-30(34)46-32)20-33-37(16-10-18-49(41,42)43)35-27-14-8-6-12-25(27)29(45-3)22-31(35)47-33;1-2-4-6-5-3-1/h5-8,11-14,19-22H,4,9-10,15-18H2,1-3H3,(H-,38,39,40,41,42,43);1-5H. The minimum Gasteiger partial charge on any atom is -0.748 e. The first-order valence-electron chi connectivity index (χ1n) is 17.5. The van der Waals surface area contributed by atoms with E-state index < -0.39 is 26.0 Å². The Bertz CT molecular complexity index is 2580. The fraction of sp³-hybridized carbons (Fsp3) is 0.250. The van der Waals surface area contributed by atoms with Gasteiger partial charge in [0, 0.05) is 64.3 Å². The van der Waals surface area contributed by atoms with E-state index in [1.165, 1.54) is 0 Å². The van der Waals surface area contributed by atoms with Crippen molar-refractivity contribution < 1.29 is 40.0 Å². The topological polar surface area (TPSA) is 150 Å². The lowest BCUT2D eigenvalue weighted by Gasteiger charge is -2.22. The van der Waals surface area contributed by atoms with Crippen molar-refractivity contribution in [3.63, 3.8) is 0 Å². The van der Waals surface area contributed by atoms with Crippen LogP contribution in [0.1, 0.15) is 31.2 Å². The van der Waals surface area contributed by atoms with Crippen molar-refractivity contribution in [3.8, 4) is 11.5 Å². The van der Waals surface area contributed by atoms with E-state index in [0.717, 1.165) is 69.5 Å². The summed E-state index contributed by atoms with van der Waals surface area (Å²) in [5, 5.41) is 5.58. The van der Waals surface area contributed by atoms with E-state index in [0.29, 0.717) is 19.5 Å². The average Bonchev–Trinajstić information content (AvgIpc) is 3.70. The third-order valence-corrected chi connectivity index (χ3v) is 12.7. The largest absolute Gasteiger partial charge is 0.748 e. The van der Waals surface area contributed by atoms with Crippen LogP contribution < -0.4 is 18.9 Å². The van der Waals surface area contributed by atoms with Gasteiger partial charge in [0.2, 0.25) is 5.52 Å². The molecule has 3 heterocycles. The molecular formula is C40H41N3O8S4. The SMILES string of the molecule is CCC(/C=C1\Sc2cc(OC)c3ccccc3c2N1CCCS(=O)(=O)O)=C\c1sc2cc(OC)c3ccccc3c2[n+]1CCCS(=O)(=O)[O-].c1ccncc1. The van der Waals surface area contributed by atoms with Crippen molar-refractivity contribution in [1.29, 1.82) is 0 Å². The third kappa shape index (κ3) is 9.66. The predicted molar refractivity (Wildman–Crippen MR) is 221 cm³/mol. The molecule has 0 aliphatic carbocycles. The van der Waals surface area contributed by atoms with Crippen LogP contribution in [0.25, 0.3) is 37.8 Å². The maximum atomic E-state index is 11.6. The van der Waals surface area contributed by atoms with Crippen LogP contribution in [0.5, 0.6) is 11.5 Å². The first-order valence-corrected chi connectivity index (χ1v) is 22.4. The number of aryl methyl sites for hydroxylation is 1. The Hall–Kier alpha value is -4.51. The number of anilines is 1. The molecule has 288 valence electrons. The molecule has 7 rings (SSSR count). The molecule has 0 spiro atoms. The highest BCUT2D eigenvalue weighted by Crippen LogP contribution is 2.52. The molecule has 1 aliphatic heterocycles. The first kappa shape index (κ1) is 40.2. The lowest BCUT2D eigenvalue weighted by atomic mass is 10.1. The van der Waals surface area contributed by atoms with Gasteiger partial charge in [-0.05, 0) is 48.8 Å². The molecule has 6 aromatic rings. The lowest BCUT2D eigenvalue weighted by molar-refractivity contribution is -0.667. The van der Waals surface area contributed by atoms with Crippen LogP contribution in [0.4, 0.5) is 5.69 Å². The maximum absolute atomic E-state index is 11.6. The average molecular weight is 820 g/mol. The Kier molecular flexibility index (Phi) is 12.8. The number of rotatable bonds is 13. The van der Waals surface area contributed by atoms with E-state index in [9.17, 15) is 25.9 Å². The summed E-state index contributed by atoms with van der Waals surface area (Å²) >= 11 is 3.12. The number of thiazole rings is 1. The maximum Gasteiger partial charge on any atom is 0.264 e. The highest BCUT2D eigenvalue weighted by Gasteiger charge is 2.30. The predicted octanol–water partition coefficient (Wildman–Crippen LogP) is 8.05. The lowest BCUT2D eigenvalue weighted by Crippen LogP contribution is -2.36. The van der Waals surface area contributed by atoms with Gasteiger partial charge in [-0.1, -0.05) is 78.6 Å². The summed E-state index contributed by atoms with van der Waals surface area (Å²) in [5.41, 5.74) is 2.87. The molecule has 2 aromatic heterocycles. The van der Waals surface area contributed by atoms with Gasteiger partial charge in [-0.2, -0.15) is 13.0 Å². The number of aromatic nitrogens is 2. The molecule has 11 nitrogen and oxygen atoms in total. The zero-order valence-corrected chi connectivity index (χ0v) is 33.8. The number of ether oxygens (including phenoxy) is 2. The molecule has 0 unspecified atom stereocenters. The summed E-state index contributed by atoms with van der Waals surface area (Å²) in [5.74, 6) is 0.639. The summed E-state index contributed by atoms with van der Waals surface area (Å²) < 4.78 is 81.9. The molecule has 0 amide bonds. The normalized spacial score (nSPS) is 14.0. The zero-order chi connectivity index (χ0) is 39.2. The van der Waals surface area contributed by atoms with Crippen LogP contribution in [0.15, 0.2) is 113 Å². The molecule has 1 aliphatic rings. The summed E-state index contributed by atoms with van der Waals surface area (Å²) in [7, 11) is -5.26. The molecule has 4 aromatic carbocycles. The van der Waals surface area contributed by atoms with E-state index in [1.54, 1.807) is 49.7 Å². The number of allylic oxidation sites excluding steroid dienone is 2. The van der Waals surface area contributed by atoms with E-state index >= 15 is 0 Å². The minimum atomic E-state index is -4.39. The van der Waals surface area contributed by atoms with Gasteiger partial charge < -0.3 is 18.9 Å². The van der Waals surface area contributed by atoms with Crippen LogP contribution in [0.3, 0.4) is 0 Å². The first-order chi connectivity index (χ1) is 26.4. The summed E-state index contributed by atoms with van der Waals surface area (Å²) in [6.07, 6.45) is 8.72. The molecular weight excluding hydrogens is 779 g/mol. The van der Waals surface area contributed by atoms with Gasteiger partial charge in [0.25, 0.3) is 15.1 Å². The van der Waals surface area contributed by atoms with E-state index in [1.807, 2.05) is 78.9 Å². The number of fused-ring (bicyclic) bond motifs is 6. The molecule has 1 N–H and O–H groups in total. The van der Waals surface area contributed by atoms with Crippen molar-refractivity contribution in [2.45, 2.75) is 37.6 Å². The van der Waals surface area contributed by atoms with Crippen LogP contribution in [0.2, 0.25) is 0 Å². The number of hydrogen-bond acceptors (Lipinski definition) is 11. The Balaban J connectivity index is 0.000000782. The van der Waals surface area contributed by atoms with Gasteiger partial charge in [0.05, 0.1) is 46.2 Å². The monoisotopic (exact) mass is 819 g/mol. The molecule has 0 bridgehead atoms. The number of nitrogens with zero attached hydrogens (tertiary/aromatic N) is 3. The fourth-order valence-electron chi connectivity index (χ4n) is 6.55. The van der Waals surface area contributed by atoms with Gasteiger partial charge >= 0.3 is 0 Å². The fourth-order valence-corrected chi connectivity index (χ4v) is 9.95. The summed E-state index contributed by atoms with van der Waals surface area (Å²) in [6, 6.07) is 25.5. The second-order valence-corrected chi connectivity index (χ2v) is 17.8. The molecule has 0 fully saturated rings. The number of pyridine rings is 1. The smallest absolute Gasteiger partial charge is 0.264 e. The Morgan fingerprint density at radius 3 is 2.09 bits per heavy atom. The highest BCUT2D eigenvalue weighted by molar-refractivity contribution is 8.03. The molecule has 0 saturated heterocycles. The van der Waals surface area contributed by atoms with Gasteiger partial charge in [-0.25, -0.2) is 8.42 Å². The van der Waals surface area contributed by atoms with E-state index in [2.05, 4.69) is 33.5 Å². The Morgan fingerprint density at radius 1 is 0.873 bits per heavy atom. The summed E-state index contributed by atoms with van der Waals surface area (Å²) in [4.78, 5) is 6.86. The second kappa shape index (κ2) is 17.5. The van der Waals surface area contributed by atoms with Gasteiger partial charge in [-0.15, -0.1) is 0 Å². The van der Waals surface area contributed by atoms with Crippen molar-refractivity contribution >= 4 is 86.9 Å². The van der Waals surface area contributed by atoms with Crippen LogP contribution >= 0.6 is 23.1 Å². The quantitative estimate of drug-likeness (QED) is 0.0891. The Labute approximate surface area is 329 Å². The zero-order valence-electron chi connectivity index (χ0n) is 30.5. The highest BCUT2D eigenvalue weighted by atomic mass is 32.2. The van der Waals surface area contributed by atoms with Crippen molar-refractivity contribution in [3.05, 3.63) is 113 Å². The summed E-state index contributed by atoms with van der Waals surface area (Å²) in [6.45, 7) is 2.74. The molecule has 0 saturated carbocycles. The molecule has 0 radical (unpaired) electrons. The molecule has 15 heteroatoms. The van der Waals surface area contributed by atoms with E-state index in [4.69, 9.17) is 9.47 Å². The van der Waals surface area contributed by atoms with Crippen LogP contribution in [-0.2, 0) is 26.8 Å². The third-order valence-electron chi connectivity index (χ3n) is 8.98. The van der Waals surface area contributed by atoms with Crippen molar-refractivity contribution in [2.24, 2.45) is 0 Å². The minimum absolute atomic E-state index is 0.160. The Morgan fingerprint density at radius 2 is 1.51 bits per heavy atom. The molecule has 55 heavy (non-hydrogen) atoms. The van der Waals surface area contributed by atoms with Crippen LogP contribution in [0, 0.1) is 0 Å².